The fourth-order valence-corrected chi connectivity index (χ4v) is 3.66. The summed E-state index contributed by atoms with van der Waals surface area (Å²) in [5.74, 6) is -0.927. The second kappa shape index (κ2) is 7.82. The molecule has 2 aromatic carbocycles. The predicted molar refractivity (Wildman–Crippen MR) is 113 cm³/mol. The molecule has 0 fully saturated rings. The normalized spacial score (nSPS) is 15.6. The van der Waals surface area contributed by atoms with E-state index in [4.69, 9.17) is 27.9 Å². The van der Waals surface area contributed by atoms with Gasteiger partial charge in [-0.05, 0) is 62.2 Å². The number of nitrogens with zero attached hydrogens (tertiary/aromatic N) is 1. The summed E-state index contributed by atoms with van der Waals surface area (Å²) in [5, 5.41) is 0.776. The summed E-state index contributed by atoms with van der Waals surface area (Å²) in [5.41, 5.74) is 4.20. The number of esters is 1. The molecule has 0 saturated carbocycles. The van der Waals surface area contributed by atoms with Gasteiger partial charge in [-0.25, -0.2) is 4.79 Å². The van der Waals surface area contributed by atoms with Gasteiger partial charge in [-0.15, -0.1) is 0 Å². The van der Waals surface area contributed by atoms with Crippen LogP contribution >= 0.6 is 23.2 Å². The average molecular weight is 416 g/mol. The van der Waals surface area contributed by atoms with Crippen molar-refractivity contribution in [3.05, 3.63) is 80.0 Å². The molecule has 144 valence electrons. The van der Waals surface area contributed by atoms with Crippen LogP contribution in [0.4, 0.5) is 5.69 Å². The van der Waals surface area contributed by atoms with Crippen molar-refractivity contribution >= 4 is 46.8 Å². The molecule has 28 heavy (non-hydrogen) atoms. The van der Waals surface area contributed by atoms with Gasteiger partial charge in [0.05, 0.1) is 18.3 Å². The average Bonchev–Trinajstić information content (AvgIpc) is 2.90. The lowest BCUT2D eigenvalue weighted by Gasteiger charge is -2.19. The molecule has 0 aromatic heterocycles. The van der Waals surface area contributed by atoms with E-state index in [9.17, 15) is 9.59 Å². The fourth-order valence-electron chi connectivity index (χ4n) is 3.15. The van der Waals surface area contributed by atoms with Gasteiger partial charge in [-0.1, -0.05) is 35.3 Å². The summed E-state index contributed by atoms with van der Waals surface area (Å²) in [4.78, 5) is 27.3. The third-order valence-electron chi connectivity index (χ3n) is 4.83. The minimum atomic E-state index is -0.591. The van der Waals surface area contributed by atoms with E-state index in [0.717, 1.165) is 11.1 Å². The van der Waals surface area contributed by atoms with Gasteiger partial charge >= 0.3 is 5.97 Å². The number of carbonyl (C=O) groups is 2. The van der Waals surface area contributed by atoms with Crippen LogP contribution in [0.2, 0.25) is 10.0 Å². The fraction of sp³-hybridized carbons (Fsp3) is 0.182. The molecule has 2 aromatic rings. The molecule has 6 heteroatoms. The van der Waals surface area contributed by atoms with Crippen LogP contribution in [-0.2, 0) is 14.3 Å². The Bertz CT molecular complexity index is 1030. The first kappa shape index (κ1) is 20.2. The van der Waals surface area contributed by atoms with E-state index >= 15 is 0 Å². The van der Waals surface area contributed by atoms with E-state index in [1.807, 2.05) is 32.0 Å². The molecule has 0 saturated heterocycles. The maximum atomic E-state index is 13.3. The summed E-state index contributed by atoms with van der Waals surface area (Å²) in [6.45, 7) is 5.69. The molecule has 0 bridgehead atoms. The minimum absolute atomic E-state index is 0.192. The van der Waals surface area contributed by atoms with Crippen LogP contribution < -0.4 is 4.90 Å². The van der Waals surface area contributed by atoms with Gasteiger partial charge in [-0.2, -0.15) is 0 Å². The third-order valence-corrected chi connectivity index (χ3v) is 5.49. The van der Waals surface area contributed by atoms with Crippen LogP contribution in [0.15, 0.2) is 53.2 Å². The molecule has 3 rings (SSSR count). The van der Waals surface area contributed by atoms with Gasteiger partial charge in [0, 0.05) is 27.0 Å². The number of halogens is 2. The predicted octanol–water partition coefficient (Wildman–Crippen LogP) is 5.49. The molecule has 0 N–H and O–H groups in total. The lowest BCUT2D eigenvalue weighted by molar-refractivity contribution is -0.136. The van der Waals surface area contributed by atoms with Gasteiger partial charge < -0.3 is 4.74 Å². The number of anilines is 1. The van der Waals surface area contributed by atoms with Crippen molar-refractivity contribution < 1.29 is 14.3 Å². The molecule has 0 radical (unpaired) electrons. The first-order valence-electron chi connectivity index (χ1n) is 8.63. The quantitative estimate of drug-likeness (QED) is 0.491. The Kier molecular flexibility index (Phi) is 5.64. The van der Waals surface area contributed by atoms with Crippen LogP contribution in [0.3, 0.4) is 0 Å². The van der Waals surface area contributed by atoms with E-state index in [1.165, 1.54) is 12.0 Å². The molecule has 1 heterocycles. The standard InChI is InChI=1S/C22H19Cl2NO3/c1-12-8-9-15(10-13(12)2)25-14(3)20(22(27)28-4)17(21(25)26)11-16-18(23)6-5-7-19(16)24/h5-11H,1-4H3/b17-11-. The summed E-state index contributed by atoms with van der Waals surface area (Å²) in [7, 11) is 1.28. The second-order valence-electron chi connectivity index (χ2n) is 6.55. The Balaban J connectivity index is 2.21. The van der Waals surface area contributed by atoms with E-state index in [2.05, 4.69) is 0 Å². The van der Waals surface area contributed by atoms with E-state index in [1.54, 1.807) is 31.2 Å². The Morgan fingerprint density at radius 2 is 1.68 bits per heavy atom. The first-order valence-corrected chi connectivity index (χ1v) is 9.38. The molecule has 0 unspecified atom stereocenters. The monoisotopic (exact) mass is 415 g/mol. The van der Waals surface area contributed by atoms with Crippen molar-refractivity contribution in [2.75, 3.05) is 12.0 Å². The topological polar surface area (TPSA) is 46.6 Å². The van der Waals surface area contributed by atoms with Crippen molar-refractivity contribution in [2.45, 2.75) is 20.8 Å². The number of amides is 1. The molecule has 0 atom stereocenters. The Morgan fingerprint density at radius 3 is 2.25 bits per heavy atom. The molecular formula is C22H19Cl2NO3. The highest BCUT2D eigenvalue weighted by Gasteiger charge is 2.38. The zero-order valence-corrected chi connectivity index (χ0v) is 17.5. The number of carbonyl (C=O) groups excluding carboxylic acids is 2. The Hall–Kier alpha value is -2.56. The maximum absolute atomic E-state index is 13.3. The summed E-state index contributed by atoms with van der Waals surface area (Å²) < 4.78 is 4.93. The molecule has 1 aliphatic rings. The van der Waals surface area contributed by atoms with Gasteiger partial charge in [-0.3, -0.25) is 9.69 Å². The van der Waals surface area contributed by atoms with Crippen LogP contribution in [0.25, 0.3) is 6.08 Å². The van der Waals surface area contributed by atoms with Gasteiger partial charge in [0.15, 0.2) is 0 Å². The molecule has 1 amide bonds. The van der Waals surface area contributed by atoms with Crippen LogP contribution in [0.5, 0.6) is 0 Å². The van der Waals surface area contributed by atoms with E-state index in [-0.39, 0.29) is 17.1 Å². The third kappa shape index (κ3) is 3.46. The first-order chi connectivity index (χ1) is 13.3. The molecule has 1 aliphatic heterocycles. The number of ether oxygens (including phenoxy) is 1. The number of allylic oxidation sites excluding steroid dienone is 1. The van der Waals surface area contributed by atoms with Crippen molar-refractivity contribution in [3.63, 3.8) is 0 Å². The molecule has 0 spiro atoms. The second-order valence-corrected chi connectivity index (χ2v) is 7.37. The number of hydrogen-bond acceptors (Lipinski definition) is 3. The lowest BCUT2D eigenvalue weighted by atomic mass is 10.0. The summed E-state index contributed by atoms with van der Waals surface area (Å²) in [6.07, 6.45) is 1.55. The molecule has 4 nitrogen and oxygen atoms in total. The van der Waals surface area contributed by atoms with Gasteiger partial charge in [0.1, 0.15) is 0 Å². The van der Waals surface area contributed by atoms with Crippen LogP contribution in [0.1, 0.15) is 23.6 Å². The number of rotatable bonds is 3. The van der Waals surface area contributed by atoms with Crippen molar-refractivity contribution in [1.29, 1.82) is 0 Å². The highest BCUT2D eigenvalue weighted by molar-refractivity contribution is 6.37. The van der Waals surface area contributed by atoms with Gasteiger partial charge in [0.25, 0.3) is 5.91 Å². The van der Waals surface area contributed by atoms with Gasteiger partial charge in [0.2, 0.25) is 0 Å². The largest absolute Gasteiger partial charge is 0.465 e. The zero-order chi connectivity index (χ0) is 20.6. The number of aryl methyl sites for hydroxylation is 2. The van der Waals surface area contributed by atoms with Crippen molar-refractivity contribution in [1.82, 2.24) is 0 Å². The lowest BCUT2D eigenvalue weighted by Crippen LogP contribution is -2.24. The summed E-state index contributed by atoms with van der Waals surface area (Å²) >= 11 is 12.5. The number of hydrogen-bond donors (Lipinski definition) is 0. The minimum Gasteiger partial charge on any atom is -0.465 e. The Morgan fingerprint density at radius 1 is 1.04 bits per heavy atom. The number of benzene rings is 2. The van der Waals surface area contributed by atoms with Crippen molar-refractivity contribution in [2.24, 2.45) is 0 Å². The number of methoxy groups -OCH3 is 1. The van der Waals surface area contributed by atoms with Crippen LogP contribution in [0, 0.1) is 13.8 Å². The van der Waals surface area contributed by atoms with Crippen LogP contribution in [-0.4, -0.2) is 19.0 Å². The Labute approximate surface area is 174 Å². The summed E-state index contributed by atoms with van der Waals surface area (Å²) in [6, 6.07) is 10.8. The zero-order valence-electron chi connectivity index (χ0n) is 16.0. The van der Waals surface area contributed by atoms with Crippen molar-refractivity contribution in [3.8, 4) is 0 Å². The highest BCUT2D eigenvalue weighted by atomic mass is 35.5. The van der Waals surface area contributed by atoms with E-state index in [0.29, 0.717) is 27.0 Å². The van der Waals surface area contributed by atoms with E-state index < -0.39 is 5.97 Å². The SMILES string of the molecule is COC(=O)C1=C(C)N(c2ccc(C)c(C)c2)C(=O)/C1=C\c1c(Cl)cccc1Cl. The molecule has 0 aliphatic carbocycles. The molecular weight excluding hydrogens is 397 g/mol. The highest BCUT2D eigenvalue weighted by Crippen LogP contribution is 2.37. The smallest absolute Gasteiger partial charge is 0.340 e. The maximum Gasteiger partial charge on any atom is 0.340 e.